The summed E-state index contributed by atoms with van der Waals surface area (Å²) in [6.07, 6.45) is 4.85. The molecule has 1 heterocycles. The topological polar surface area (TPSA) is 169 Å². The van der Waals surface area contributed by atoms with Gasteiger partial charge in [-0.25, -0.2) is 0 Å². The van der Waals surface area contributed by atoms with Crippen molar-refractivity contribution in [3.05, 3.63) is 12.2 Å². The molecule has 1 rings (SSSR count). The lowest BCUT2D eigenvalue weighted by Gasteiger charge is -2.13. The van der Waals surface area contributed by atoms with Gasteiger partial charge in [0.25, 0.3) is 11.8 Å². The Morgan fingerprint density at radius 3 is 1.31 bits per heavy atom. The smallest absolute Gasteiger partial charge is 0.253 e. The van der Waals surface area contributed by atoms with E-state index in [0.717, 1.165) is 24.3 Å². The van der Waals surface area contributed by atoms with Crippen LogP contribution in [0.25, 0.3) is 0 Å². The fourth-order valence-electron chi connectivity index (χ4n) is 3.52. The number of rotatable bonds is 33. The van der Waals surface area contributed by atoms with Gasteiger partial charge in [0.15, 0.2) is 0 Å². The Labute approximate surface area is 266 Å². The Bertz CT molecular complexity index is 797. The van der Waals surface area contributed by atoms with Gasteiger partial charge in [-0.3, -0.25) is 24.1 Å². The summed E-state index contributed by atoms with van der Waals surface area (Å²) in [5.74, 6) is -1.03. The maximum atomic E-state index is 11.8. The number of nitrogens with one attached hydrogen (secondary N) is 2. The van der Waals surface area contributed by atoms with Gasteiger partial charge in [0.2, 0.25) is 11.8 Å². The molecule has 0 aromatic rings. The Kier molecular flexibility index (Phi) is 27.2. The molecule has 0 unspecified atom stereocenters. The highest BCUT2D eigenvalue weighted by Crippen LogP contribution is 2.03. The van der Waals surface area contributed by atoms with Crippen LogP contribution in [-0.4, -0.2) is 154 Å². The second-order valence-electron chi connectivity index (χ2n) is 9.61. The Hall–Kier alpha value is -2.50. The normalized spacial score (nSPS) is 12.8. The van der Waals surface area contributed by atoms with E-state index >= 15 is 0 Å². The van der Waals surface area contributed by atoms with Gasteiger partial charge in [-0.05, 0) is 6.42 Å². The number of hydrogen-bond donors (Lipinski definition) is 2. The summed E-state index contributed by atoms with van der Waals surface area (Å²) in [7, 11) is 0. The summed E-state index contributed by atoms with van der Waals surface area (Å²) < 4.78 is 43.4. The van der Waals surface area contributed by atoms with Crippen molar-refractivity contribution in [1.82, 2.24) is 15.5 Å². The third kappa shape index (κ3) is 25.4. The monoisotopic (exact) mass is 647 g/mol. The minimum atomic E-state index is -0.397. The van der Waals surface area contributed by atoms with Crippen LogP contribution in [0.1, 0.15) is 32.6 Å². The molecule has 1 aliphatic rings. The second-order valence-corrected chi connectivity index (χ2v) is 9.61. The van der Waals surface area contributed by atoms with Crippen LogP contribution < -0.4 is 10.6 Å². The van der Waals surface area contributed by atoms with E-state index in [1.54, 1.807) is 0 Å². The molecule has 0 saturated heterocycles. The number of amides is 4. The van der Waals surface area contributed by atoms with Crippen LogP contribution in [-0.2, 0) is 57.1 Å². The first-order valence-electron chi connectivity index (χ1n) is 15.7. The van der Waals surface area contributed by atoms with E-state index in [1.807, 2.05) is 0 Å². The number of carbonyl (C=O) groups is 4. The minimum Gasteiger partial charge on any atom is -0.379 e. The van der Waals surface area contributed by atoms with Gasteiger partial charge >= 0.3 is 0 Å². The van der Waals surface area contributed by atoms with Crippen molar-refractivity contribution in [2.24, 2.45) is 0 Å². The first kappa shape index (κ1) is 40.5. The van der Waals surface area contributed by atoms with Crippen LogP contribution in [0.4, 0.5) is 0 Å². The molecule has 0 bridgehead atoms. The van der Waals surface area contributed by atoms with Gasteiger partial charge in [-0.1, -0.05) is 13.3 Å². The van der Waals surface area contributed by atoms with Crippen LogP contribution in [0, 0.1) is 0 Å². The summed E-state index contributed by atoms with van der Waals surface area (Å²) in [5, 5.41) is 5.52. The van der Waals surface area contributed by atoms with Crippen molar-refractivity contribution < 1.29 is 57.1 Å². The van der Waals surface area contributed by atoms with Crippen LogP contribution >= 0.6 is 0 Å². The number of nitrogens with zero attached hydrogens (tertiary/aromatic N) is 1. The van der Waals surface area contributed by atoms with Gasteiger partial charge in [-0.15, -0.1) is 0 Å². The fourth-order valence-corrected chi connectivity index (χ4v) is 3.52. The first-order chi connectivity index (χ1) is 22.0. The van der Waals surface area contributed by atoms with E-state index < -0.39 is 11.8 Å². The van der Waals surface area contributed by atoms with Crippen molar-refractivity contribution in [2.75, 3.05) is 125 Å². The van der Waals surface area contributed by atoms with Crippen molar-refractivity contribution >= 4 is 23.6 Å². The van der Waals surface area contributed by atoms with Crippen molar-refractivity contribution in [2.45, 2.75) is 32.6 Å². The minimum absolute atomic E-state index is 0.0177. The third-order valence-corrected chi connectivity index (χ3v) is 5.96. The van der Waals surface area contributed by atoms with E-state index in [1.165, 1.54) is 12.2 Å². The predicted octanol–water partition coefficient (Wildman–Crippen LogP) is -0.143. The first-order valence-corrected chi connectivity index (χ1v) is 15.7. The van der Waals surface area contributed by atoms with Gasteiger partial charge in [0.1, 0.15) is 0 Å². The zero-order valence-corrected chi connectivity index (χ0v) is 26.8. The maximum Gasteiger partial charge on any atom is 0.253 e. The Morgan fingerprint density at radius 1 is 0.533 bits per heavy atom. The Morgan fingerprint density at radius 2 is 0.889 bits per heavy atom. The quantitative estimate of drug-likeness (QED) is 0.0715. The number of carbonyl (C=O) groups excluding carboxylic acids is 4. The molecule has 15 nitrogen and oxygen atoms in total. The average molecular weight is 648 g/mol. The van der Waals surface area contributed by atoms with E-state index in [4.69, 9.17) is 37.9 Å². The summed E-state index contributed by atoms with van der Waals surface area (Å²) in [6, 6.07) is 0. The highest BCUT2D eigenvalue weighted by molar-refractivity contribution is 6.13. The molecular weight excluding hydrogens is 594 g/mol. The van der Waals surface area contributed by atoms with Crippen molar-refractivity contribution in [1.29, 1.82) is 0 Å². The highest BCUT2D eigenvalue weighted by atomic mass is 16.6. The summed E-state index contributed by atoms with van der Waals surface area (Å²) in [5.41, 5.74) is 0. The summed E-state index contributed by atoms with van der Waals surface area (Å²) in [4.78, 5) is 47.2. The average Bonchev–Trinajstić information content (AvgIpc) is 3.35. The molecule has 4 amide bonds. The third-order valence-electron chi connectivity index (χ3n) is 5.96. The van der Waals surface area contributed by atoms with Gasteiger partial charge in [0, 0.05) is 44.6 Å². The van der Waals surface area contributed by atoms with E-state index in [9.17, 15) is 19.2 Å². The number of ether oxygens (including phenoxy) is 8. The molecule has 0 aliphatic carbocycles. The van der Waals surface area contributed by atoms with Gasteiger partial charge in [-0.2, -0.15) is 0 Å². The zero-order valence-electron chi connectivity index (χ0n) is 26.8. The molecule has 0 saturated carbocycles. The number of unbranched alkanes of at least 4 members (excludes halogenated alkanes) is 1. The predicted molar refractivity (Wildman–Crippen MR) is 163 cm³/mol. The van der Waals surface area contributed by atoms with Crippen molar-refractivity contribution in [3.63, 3.8) is 0 Å². The van der Waals surface area contributed by atoms with Crippen LogP contribution in [0.15, 0.2) is 12.2 Å². The van der Waals surface area contributed by atoms with Crippen molar-refractivity contribution in [3.8, 4) is 0 Å². The van der Waals surface area contributed by atoms with E-state index in [2.05, 4.69) is 17.6 Å². The standard InChI is InChI=1S/C30H53N3O12/c1-2-3-8-31-28(35)7-11-38-13-15-40-17-19-42-21-23-44-25-26-45-24-22-43-20-18-41-16-14-39-12-9-32-27(34)6-10-33-29(36)4-5-30(33)37/h4-5H,2-3,6-26H2,1H3,(H,31,35)(H,32,34). The molecule has 0 atom stereocenters. The summed E-state index contributed by atoms with van der Waals surface area (Å²) >= 11 is 0. The molecular formula is C30H53N3O12. The Balaban J connectivity index is 1.68. The summed E-state index contributed by atoms with van der Waals surface area (Å²) in [6.45, 7) is 10.3. The zero-order chi connectivity index (χ0) is 32.6. The number of hydrogen-bond acceptors (Lipinski definition) is 12. The van der Waals surface area contributed by atoms with Crippen LogP contribution in [0.2, 0.25) is 0 Å². The van der Waals surface area contributed by atoms with E-state index in [-0.39, 0.29) is 24.8 Å². The molecule has 2 N–H and O–H groups in total. The lowest BCUT2D eigenvalue weighted by molar-refractivity contribution is -0.137. The molecule has 0 aromatic carbocycles. The largest absolute Gasteiger partial charge is 0.379 e. The highest BCUT2D eigenvalue weighted by Gasteiger charge is 2.23. The molecule has 15 heteroatoms. The molecule has 0 spiro atoms. The lowest BCUT2D eigenvalue weighted by atomic mass is 10.3. The molecule has 1 aliphatic heterocycles. The molecule has 45 heavy (non-hydrogen) atoms. The maximum absolute atomic E-state index is 11.8. The molecule has 0 radical (unpaired) electrons. The number of imide groups is 1. The van der Waals surface area contributed by atoms with E-state index in [0.29, 0.717) is 119 Å². The molecule has 0 fully saturated rings. The molecule has 260 valence electrons. The fraction of sp³-hybridized carbons (Fsp3) is 0.800. The SMILES string of the molecule is CCCCNC(=O)CCOCCOCCOCCOCCOCCOCCOCCOCCNC(=O)CCN1C(=O)C=CC1=O. The lowest BCUT2D eigenvalue weighted by Crippen LogP contribution is -2.35. The van der Waals surface area contributed by atoms with Crippen LogP contribution in [0.3, 0.4) is 0 Å². The van der Waals surface area contributed by atoms with Crippen LogP contribution in [0.5, 0.6) is 0 Å². The molecule has 0 aromatic heterocycles. The van der Waals surface area contributed by atoms with Gasteiger partial charge in [0.05, 0.1) is 106 Å². The van der Waals surface area contributed by atoms with Gasteiger partial charge < -0.3 is 48.5 Å². The second kappa shape index (κ2) is 30.2.